The van der Waals surface area contributed by atoms with Crippen LogP contribution in [0.5, 0.6) is 0 Å². The van der Waals surface area contributed by atoms with Crippen molar-refractivity contribution >= 4 is 40.0 Å². The van der Waals surface area contributed by atoms with Crippen LogP contribution in [0.3, 0.4) is 0 Å². The molecule has 0 aromatic carbocycles. The third kappa shape index (κ3) is 8.88. The summed E-state index contributed by atoms with van der Waals surface area (Å²) in [4.78, 5) is 4.24. The predicted octanol–water partition coefficient (Wildman–Crippen LogP) is 0.287. The molecule has 0 unspecified atom stereocenters. The number of hydrogen-bond acceptors (Lipinski definition) is 5. The molecule has 0 aliphatic heterocycles. The molecule has 122 valence electrons. The van der Waals surface area contributed by atoms with Crippen LogP contribution < -0.4 is 15.4 Å². The van der Waals surface area contributed by atoms with E-state index in [1.807, 2.05) is 13.8 Å². The molecule has 0 bridgehead atoms. The second-order valence-corrected chi connectivity index (χ2v) is 5.74. The first-order valence-corrected chi connectivity index (χ1v) is 8.11. The summed E-state index contributed by atoms with van der Waals surface area (Å²) < 4.78 is 30.5. The lowest BCUT2D eigenvalue weighted by atomic mass is 10.5. The van der Waals surface area contributed by atoms with E-state index in [1.54, 1.807) is 0 Å². The predicted molar refractivity (Wildman–Crippen MR) is 92.2 cm³/mol. The molecule has 1 rings (SSSR count). The molecule has 0 aliphatic rings. The monoisotopic (exact) mass is 431 g/mol. The Morgan fingerprint density at radius 1 is 1.33 bits per heavy atom. The summed E-state index contributed by atoms with van der Waals surface area (Å²) >= 11 is 0. The van der Waals surface area contributed by atoms with E-state index in [9.17, 15) is 8.42 Å². The summed E-state index contributed by atoms with van der Waals surface area (Å²) in [5.74, 6) is 0.478. The Labute approximate surface area is 142 Å². The van der Waals surface area contributed by atoms with Gasteiger partial charge in [0.2, 0.25) is 10.0 Å². The lowest BCUT2D eigenvalue weighted by molar-refractivity contribution is 0.413. The quantitative estimate of drug-likeness (QED) is 0.236. The molecule has 1 aromatic rings. The van der Waals surface area contributed by atoms with Gasteiger partial charge in [0.05, 0.1) is 12.2 Å². The van der Waals surface area contributed by atoms with E-state index in [-0.39, 0.29) is 36.3 Å². The Kier molecular flexibility index (Phi) is 10.3. The van der Waals surface area contributed by atoms with Crippen LogP contribution in [0.15, 0.2) is 21.8 Å². The fraction of sp³-hybridized carbons (Fsp3) is 0.636. The van der Waals surface area contributed by atoms with Crippen molar-refractivity contribution < 1.29 is 12.9 Å². The maximum Gasteiger partial charge on any atom is 0.217 e. The number of nitrogens with zero attached hydrogens (tertiary/aromatic N) is 2. The van der Waals surface area contributed by atoms with Gasteiger partial charge in [0.25, 0.3) is 0 Å². The Bertz CT molecular complexity index is 496. The Morgan fingerprint density at radius 2 is 2.00 bits per heavy atom. The number of guanidine groups is 1. The molecule has 0 spiro atoms. The van der Waals surface area contributed by atoms with E-state index >= 15 is 0 Å². The molecular formula is C11H22IN5O3S. The average Bonchev–Trinajstić information content (AvgIpc) is 2.87. The number of aliphatic imine (C=N–C) groups is 1. The van der Waals surface area contributed by atoms with Crippen LogP contribution in [0.25, 0.3) is 0 Å². The molecule has 0 saturated heterocycles. The van der Waals surface area contributed by atoms with Gasteiger partial charge in [-0.1, -0.05) is 5.16 Å². The van der Waals surface area contributed by atoms with Gasteiger partial charge in [-0.05, 0) is 13.8 Å². The lowest BCUT2D eigenvalue weighted by Gasteiger charge is -2.09. The minimum Gasteiger partial charge on any atom is -0.364 e. The molecule has 21 heavy (non-hydrogen) atoms. The van der Waals surface area contributed by atoms with Crippen molar-refractivity contribution in [1.82, 2.24) is 20.5 Å². The Morgan fingerprint density at radius 3 is 2.52 bits per heavy atom. The van der Waals surface area contributed by atoms with E-state index in [2.05, 4.69) is 30.0 Å². The minimum absolute atomic E-state index is 0. The van der Waals surface area contributed by atoms with Crippen molar-refractivity contribution in [2.24, 2.45) is 4.99 Å². The molecule has 0 radical (unpaired) electrons. The van der Waals surface area contributed by atoms with Gasteiger partial charge in [-0.3, -0.25) is 4.99 Å². The molecule has 8 nitrogen and oxygen atoms in total. The van der Waals surface area contributed by atoms with Gasteiger partial charge in [0.1, 0.15) is 12.0 Å². The molecule has 0 fully saturated rings. The van der Waals surface area contributed by atoms with Crippen LogP contribution in [-0.2, 0) is 15.8 Å². The molecule has 10 heteroatoms. The van der Waals surface area contributed by atoms with Crippen LogP contribution in [0.4, 0.5) is 0 Å². The summed E-state index contributed by atoms with van der Waals surface area (Å²) in [5.41, 5.74) is 0.377. The zero-order chi connectivity index (χ0) is 14.8. The normalized spacial score (nSPS) is 10.6. The van der Waals surface area contributed by atoms with E-state index in [1.165, 1.54) is 12.3 Å². The molecular weight excluding hydrogens is 409 g/mol. The number of rotatable bonds is 8. The zero-order valence-electron chi connectivity index (χ0n) is 12.1. The molecule has 3 N–H and O–H groups in total. The third-order valence-electron chi connectivity index (χ3n) is 2.22. The number of sulfonamides is 1. The number of aromatic nitrogens is 1. The van der Waals surface area contributed by atoms with Gasteiger partial charge in [0.15, 0.2) is 5.96 Å². The van der Waals surface area contributed by atoms with E-state index < -0.39 is 10.0 Å². The fourth-order valence-electron chi connectivity index (χ4n) is 1.44. The summed E-state index contributed by atoms with van der Waals surface area (Å²) in [6, 6.07) is 1.52. The second kappa shape index (κ2) is 10.8. The first kappa shape index (κ1) is 20.1. The van der Waals surface area contributed by atoms with Gasteiger partial charge in [-0.25, -0.2) is 13.1 Å². The number of hydrogen-bond donors (Lipinski definition) is 3. The van der Waals surface area contributed by atoms with E-state index in [4.69, 9.17) is 0 Å². The van der Waals surface area contributed by atoms with E-state index in [0.717, 1.165) is 13.1 Å². The summed E-state index contributed by atoms with van der Waals surface area (Å²) in [7, 11) is -3.41. The highest BCUT2D eigenvalue weighted by atomic mass is 127. The molecule has 0 saturated carbocycles. The van der Waals surface area contributed by atoms with Crippen LogP contribution in [-0.4, -0.2) is 45.7 Å². The maximum atomic E-state index is 11.7. The standard InChI is InChI=1S/C11H21N5O3S.HI/c1-3-12-11(13-4-2)14-6-7-15-20(17,18)9-10-5-8-19-16-10;/h5,8,15H,3-4,6-7,9H2,1-2H3,(H2,12,13,14);1H. The van der Waals surface area contributed by atoms with Gasteiger partial charge in [-0.15, -0.1) is 24.0 Å². The topological polar surface area (TPSA) is 109 Å². The molecule has 0 atom stereocenters. The van der Waals surface area contributed by atoms with Crippen molar-refractivity contribution in [1.29, 1.82) is 0 Å². The highest BCUT2D eigenvalue weighted by Crippen LogP contribution is 2.00. The van der Waals surface area contributed by atoms with Crippen LogP contribution in [0.2, 0.25) is 0 Å². The Hall–Kier alpha value is -0.880. The van der Waals surface area contributed by atoms with Crippen LogP contribution in [0.1, 0.15) is 19.5 Å². The van der Waals surface area contributed by atoms with Crippen LogP contribution in [0, 0.1) is 0 Å². The van der Waals surface area contributed by atoms with Crippen LogP contribution >= 0.6 is 24.0 Å². The number of nitrogens with one attached hydrogen (secondary N) is 3. The molecule has 0 aliphatic carbocycles. The second-order valence-electron chi connectivity index (χ2n) is 3.94. The summed E-state index contributed by atoms with van der Waals surface area (Å²) in [6.45, 7) is 6.03. The average molecular weight is 431 g/mol. The van der Waals surface area contributed by atoms with E-state index in [0.29, 0.717) is 18.2 Å². The van der Waals surface area contributed by atoms with Gasteiger partial charge in [-0.2, -0.15) is 0 Å². The van der Waals surface area contributed by atoms with Crippen molar-refractivity contribution in [3.05, 3.63) is 18.0 Å². The first-order chi connectivity index (χ1) is 9.57. The summed E-state index contributed by atoms with van der Waals surface area (Å²) in [6.07, 6.45) is 1.34. The smallest absolute Gasteiger partial charge is 0.217 e. The molecule has 1 heterocycles. The van der Waals surface area contributed by atoms with Crippen molar-refractivity contribution in [2.45, 2.75) is 19.6 Å². The van der Waals surface area contributed by atoms with Crippen molar-refractivity contribution in [3.63, 3.8) is 0 Å². The molecule has 0 amide bonds. The highest BCUT2D eigenvalue weighted by Gasteiger charge is 2.12. The summed E-state index contributed by atoms with van der Waals surface area (Å²) in [5, 5.41) is 9.68. The van der Waals surface area contributed by atoms with Crippen molar-refractivity contribution in [3.8, 4) is 0 Å². The fourth-order valence-corrected chi connectivity index (χ4v) is 2.48. The largest absolute Gasteiger partial charge is 0.364 e. The minimum atomic E-state index is -3.41. The van der Waals surface area contributed by atoms with Gasteiger partial charge < -0.3 is 15.2 Å². The SMILES string of the molecule is CCNC(=NCCNS(=O)(=O)Cc1ccon1)NCC.I. The highest BCUT2D eigenvalue weighted by molar-refractivity contribution is 14.0. The molecule has 1 aromatic heterocycles. The van der Waals surface area contributed by atoms with Gasteiger partial charge in [0, 0.05) is 25.7 Å². The zero-order valence-corrected chi connectivity index (χ0v) is 15.3. The van der Waals surface area contributed by atoms with Crippen molar-refractivity contribution in [2.75, 3.05) is 26.2 Å². The Balaban J connectivity index is 0.00000400. The maximum absolute atomic E-state index is 11.7. The van der Waals surface area contributed by atoms with Gasteiger partial charge >= 0.3 is 0 Å². The third-order valence-corrected chi connectivity index (χ3v) is 3.54. The first-order valence-electron chi connectivity index (χ1n) is 6.46. The lowest BCUT2D eigenvalue weighted by Crippen LogP contribution is -2.37. The number of halogens is 1.